The second-order valence-electron chi connectivity index (χ2n) is 7.68. The SMILES string of the molecule is CCCCCC1(CCCCC)O[C@@H]2[C@H](O)[C@H](NC(=O)C(Cl)(Cl)Cl)[C@@H](SC)[C@@H]2O1. The lowest BCUT2D eigenvalue weighted by molar-refractivity contribution is -0.200. The molecule has 2 aliphatic rings. The monoisotopic (exact) mass is 475 g/mol. The van der Waals surface area contributed by atoms with Gasteiger partial charge in [0.25, 0.3) is 9.70 Å². The number of halogens is 3. The van der Waals surface area contributed by atoms with E-state index in [1.54, 1.807) is 0 Å². The molecule has 1 heterocycles. The van der Waals surface area contributed by atoms with Crippen molar-refractivity contribution in [2.24, 2.45) is 0 Å². The summed E-state index contributed by atoms with van der Waals surface area (Å²) >= 11 is 18.6. The lowest BCUT2D eigenvalue weighted by Gasteiger charge is -2.33. The van der Waals surface area contributed by atoms with E-state index in [0.29, 0.717) is 0 Å². The third-order valence-electron chi connectivity index (χ3n) is 5.56. The maximum Gasteiger partial charge on any atom is 0.272 e. The van der Waals surface area contributed by atoms with E-state index in [1.807, 2.05) is 6.26 Å². The topological polar surface area (TPSA) is 67.8 Å². The molecule has 1 aliphatic carbocycles. The van der Waals surface area contributed by atoms with Crippen molar-refractivity contribution in [1.82, 2.24) is 5.32 Å². The fourth-order valence-corrected chi connectivity index (χ4v) is 5.27. The van der Waals surface area contributed by atoms with Crippen molar-refractivity contribution in [2.75, 3.05) is 6.26 Å². The van der Waals surface area contributed by atoms with Gasteiger partial charge in [-0.05, 0) is 19.1 Å². The largest absolute Gasteiger partial charge is 0.388 e. The van der Waals surface area contributed by atoms with Gasteiger partial charge in [-0.1, -0.05) is 74.3 Å². The molecule has 0 bridgehead atoms. The molecule has 0 aromatic rings. The zero-order chi connectivity index (χ0) is 20.9. The molecule has 5 nitrogen and oxygen atoms in total. The van der Waals surface area contributed by atoms with Gasteiger partial charge in [-0.25, -0.2) is 0 Å². The van der Waals surface area contributed by atoms with Crippen LogP contribution in [0.5, 0.6) is 0 Å². The zero-order valence-corrected chi connectivity index (χ0v) is 19.8. The summed E-state index contributed by atoms with van der Waals surface area (Å²) in [6.45, 7) is 4.33. The van der Waals surface area contributed by atoms with Gasteiger partial charge in [0, 0.05) is 12.8 Å². The lowest BCUT2D eigenvalue weighted by Crippen LogP contribution is -2.52. The molecule has 164 valence electrons. The van der Waals surface area contributed by atoms with Crippen molar-refractivity contribution < 1.29 is 19.4 Å². The van der Waals surface area contributed by atoms with Gasteiger partial charge in [-0.2, -0.15) is 11.8 Å². The molecule has 5 atom stereocenters. The maximum atomic E-state index is 12.1. The van der Waals surface area contributed by atoms with E-state index in [9.17, 15) is 9.90 Å². The van der Waals surface area contributed by atoms with Crippen LogP contribution in [0.3, 0.4) is 0 Å². The molecular weight excluding hydrogens is 445 g/mol. The summed E-state index contributed by atoms with van der Waals surface area (Å²) in [5.74, 6) is -1.41. The molecule has 0 spiro atoms. The number of thioether (sulfide) groups is 1. The lowest BCUT2D eigenvalue weighted by atomic mass is 10.0. The minimum absolute atomic E-state index is 0.185. The Morgan fingerprint density at radius 2 is 1.61 bits per heavy atom. The molecule has 0 radical (unpaired) electrons. The van der Waals surface area contributed by atoms with Gasteiger partial charge in [-0.3, -0.25) is 4.79 Å². The van der Waals surface area contributed by atoms with Crippen molar-refractivity contribution in [1.29, 1.82) is 0 Å². The molecule has 2 N–H and O–H groups in total. The second-order valence-corrected chi connectivity index (χ2v) is 11.0. The number of hydrogen-bond acceptors (Lipinski definition) is 5. The molecule has 1 saturated heterocycles. The van der Waals surface area contributed by atoms with E-state index in [1.165, 1.54) is 11.8 Å². The van der Waals surface area contributed by atoms with E-state index in [-0.39, 0.29) is 11.4 Å². The number of carbonyl (C=O) groups is 1. The van der Waals surface area contributed by atoms with Crippen LogP contribution in [0.4, 0.5) is 0 Å². The number of nitrogens with one attached hydrogen (secondary N) is 1. The molecule has 0 unspecified atom stereocenters. The van der Waals surface area contributed by atoms with E-state index in [4.69, 9.17) is 44.3 Å². The van der Waals surface area contributed by atoms with Crippen LogP contribution in [0, 0.1) is 0 Å². The number of fused-ring (bicyclic) bond motifs is 1. The number of rotatable bonds is 10. The van der Waals surface area contributed by atoms with Crippen LogP contribution in [0.1, 0.15) is 65.2 Å². The number of carbonyl (C=O) groups excluding carboxylic acids is 1. The van der Waals surface area contributed by atoms with Crippen LogP contribution >= 0.6 is 46.6 Å². The third-order valence-corrected chi connectivity index (χ3v) is 7.18. The standard InChI is InChI=1S/C19H32Cl3NO4S/c1-4-6-8-10-18(11-9-7-5-2)26-14-13(24)12(16(28-3)15(14)27-18)23-17(25)19(20,21)22/h12-16,24H,4-11H2,1-3H3,(H,23,25)/t12-,13+,14+,15+,16+/m0/s1. The second kappa shape index (κ2) is 10.7. The number of alkyl halides is 3. The molecule has 1 saturated carbocycles. The van der Waals surface area contributed by atoms with Crippen LogP contribution in [0.25, 0.3) is 0 Å². The van der Waals surface area contributed by atoms with Crippen LogP contribution in [-0.4, -0.2) is 56.5 Å². The first-order valence-corrected chi connectivity index (χ1v) is 12.6. The Morgan fingerprint density at radius 1 is 1.07 bits per heavy atom. The smallest absolute Gasteiger partial charge is 0.272 e. The Morgan fingerprint density at radius 3 is 2.07 bits per heavy atom. The first kappa shape index (κ1) is 24.8. The first-order chi connectivity index (χ1) is 13.2. The van der Waals surface area contributed by atoms with Crippen LogP contribution in [0.15, 0.2) is 0 Å². The molecular formula is C19H32Cl3NO4S. The van der Waals surface area contributed by atoms with Gasteiger partial charge >= 0.3 is 0 Å². The van der Waals surface area contributed by atoms with Gasteiger partial charge in [-0.15, -0.1) is 0 Å². The van der Waals surface area contributed by atoms with Crippen molar-refractivity contribution in [3.8, 4) is 0 Å². The highest BCUT2D eigenvalue weighted by Crippen LogP contribution is 2.47. The highest BCUT2D eigenvalue weighted by Gasteiger charge is 2.61. The number of aliphatic hydroxyl groups is 1. The molecule has 2 rings (SSSR count). The van der Waals surface area contributed by atoms with Crippen LogP contribution in [0.2, 0.25) is 0 Å². The Kier molecular flexibility index (Phi) is 9.53. The maximum absolute atomic E-state index is 12.1. The Hall–Kier alpha value is 0.570. The zero-order valence-electron chi connectivity index (χ0n) is 16.8. The van der Waals surface area contributed by atoms with E-state index < -0.39 is 33.7 Å². The van der Waals surface area contributed by atoms with Gasteiger partial charge in [0.05, 0.1) is 11.3 Å². The first-order valence-electron chi connectivity index (χ1n) is 10.1. The summed E-state index contributed by atoms with van der Waals surface area (Å²) in [5.41, 5.74) is 0. The van der Waals surface area contributed by atoms with Gasteiger partial charge in [0.2, 0.25) is 0 Å². The van der Waals surface area contributed by atoms with Crippen molar-refractivity contribution >= 4 is 52.5 Å². The predicted molar refractivity (Wildman–Crippen MR) is 116 cm³/mol. The molecule has 28 heavy (non-hydrogen) atoms. The summed E-state index contributed by atoms with van der Waals surface area (Å²) in [7, 11) is 0. The number of ether oxygens (including phenoxy) is 2. The Balaban J connectivity index is 2.12. The fraction of sp³-hybridized carbons (Fsp3) is 0.947. The van der Waals surface area contributed by atoms with E-state index in [2.05, 4.69) is 19.2 Å². The summed E-state index contributed by atoms with van der Waals surface area (Å²) < 4.78 is 10.8. The summed E-state index contributed by atoms with van der Waals surface area (Å²) in [5, 5.41) is 13.4. The van der Waals surface area contributed by atoms with Gasteiger partial charge in [0.1, 0.15) is 18.3 Å². The highest BCUT2D eigenvalue weighted by atomic mass is 35.6. The summed E-state index contributed by atoms with van der Waals surface area (Å²) in [6.07, 6.45) is 8.36. The minimum atomic E-state index is -2.08. The quantitative estimate of drug-likeness (QED) is 0.356. The number of aliphatic hydroxyl groups excluding tert-OH is 1. The molecule has 2 fully saturated rings. The molecule has 0 aromatic carbocycles. The van der Waals surface area contributed by atoms with Crippen LogP contribution in [-0.2, 0) is 14.3 Å². The fourth-order valence-electron chi connectivity index (χ4n) is 4.11. The Labute approximate surface area is 187 Å². The third kappa shape index (κ3) is 5.83. The molecule has 0 aromatic heterocycles. The van der Waals surface area contributed by atoms with Crippen molar-refractivity contribution in [3.63, 3.8) is 0 Å². The minimum Gasteiger partial charge on any atom is -0.388 e. The van der Waals surface area contributed by atoms with Gasteiger partial charge in [0.15, 0.2) is 5.79 Å². The number of unbranched alkanes of at least 4 members (excludes halogenated alkanes) is 4. The molecule has 9 heteroatoms. The summed E-state index contributed by atoms with van der Waals surface area (Å²) in [6, 6.07) is -0.600. The summed E-state index contributed by atoms with van der Waals surface area (Å²) in [4.78, 5) is 12.1. The molecule has 1 amide bonds. The molecule has 1 aliphatic heterocycles. The van der Waals surface area contributed by atoms with Gasteiger partial charge < -0.3 is 19.9 Å². The average Bonchev–Trinajstić information content (AvgIpc) is 3.10. The van der Waals surface area contributed by atoms with Crippen LogP contribution < -0.4 is 5.32 Å². The van der Waals surface area contributed by atoms with Crippen molar-refractivity contribution in [2.45, 2.75) is 104 Å². The van der Waals surface area contributed by atoms with Crippen molar-refractivity contribution in [3.05, 3.63) is 0 Å². The Bertz CT molecular complexity index is 510. The highest BCUT2D eigenvalue weighted by molar-refractivity contribution is 7.99. The van der Waals surface area contributed by atoms with E-state index in [0.717, 1.165) is 51.4 Å². The predicted octanol–water partition coefficient (Wildman–Crippen LogP) is 4.59. The number of amides is 1. The normalized spacial score (nSPS) is 31.8. The average molecular weight is 477 g/mol. The van der Waals surface area contributed by atoms with E-state index >= 15 is 0 Å². The number of hydrogen-bond donors (Lipinski definition) is 2.